The zero-order chi connectivity index (χ0) is 23.3. The molecule has 170 valence electrons. The fraction of sp³-hybridized carbons (Fsp3) is 0.318. The maximum atomic E-state index is 12.4. The van der Waals surface area contributed by atoms with Gasteiger partial charge in [-0.15, -0.1) is 0 Å². The highest BCUT2D eigenvalue weighted by molar-refractivity contribution is 5.84. The number of rotatable bonds is 8. The van der Waals surface area contributed by atoms with Crippen LogP contribution >= 0.6 is 0 Å². The van der Waals surface area contributed by atoms with Crippen molar-refractivity contribution in [3.05, 3.63) is 59.7 Å². The minimum absolute atomic E-state index is 0.0682. The highest BCUT2D eigenvalue weighted by Crippen LogP contribution is 2.44. The molecule has 32 heavy (non-hydrogen) atoms. The zero-order valence-corrected chi connectivity index (χ0v) is 16.8. The number of fused-ring (bicyclic) bond motifs is 3. The Morgan fingerprint density at radius 1 is 1.00 bits per heavy atom. The lowest BCUT2D eigenvalue weighted by atomic mass is 9.98. The third kappa shape index (κ3) is 5.77. The van der Waals surface area contributed by atoms with Crippen LogP contribution in [0.25, 0.3) is 11.1 Å². The Morgan fingerprint density at radius 2 is 1.56 bits per heavy atom. The second kappa shape index (κ2) is 9.71. The van der Waals surface area contributed by atoms with Crippen LogP contribution < -0.4 is 10.6 Å². The van der Waals surface area contributed by atoms with Gasteiger partial charge in [0.25, 0.3) is 0 Å². The summed E-state index contributed by atoms with van der Waals surface area (Å²) in [5.41, 5.74) is 4.21. The van der Waals surface area contributed by atoms with Crippen molar-refractivity contribution in [2.75, 3.05) is 13.2 Å². The number of carboxylic acids is 1. The molecule has 0 heterocycles. The van der Waals surface area contributed by atoms with E-state index in [1.165, 1.54) is 0 Å². The van der Waals surface area contributed by atoms with E-state index in [9.17, 15) is 27.6 Å². The van der Waals surface area contributed by atoms with E-state index < -0.39 is 43.0 Å². The van der Waals surface area contributed by atoms with Gasteiger partial charge >= 0.3 is 18.2 Å². The Hall–Kier alpha value is -3.56. The Labute approximate surface area is 181 Å². The topological polar surface area (TPSA) is 105 Å². The van der Waals surface area contributed by atoms with E-state index in [2.05, 4.69) is 5.32 Å². The molecule has 7 nitrogen and oxygen atoms in total. The number of carbonyl (C=O) groups excluding carboxylic acids is 2. The van der Waals surface area contributed by atoms with Gasteiger partial charge in [-0.25, -0.2) is 9.59 Å². The monoisotopic (exact) mass is 450 g/mol. The van der Waals surface area contributed by atoms with Crippen molar-refractivity contribution in [2.24, 2.45) is 0 Å². The number of hydrogen-bond acceptors (Lipinski definition) is 4. The van der Waals surface area contributed by atoms with E-state index in [1.54, 1.807) is 5.32 Å². The van der Waals surface area contributed by atoms with Gasteiger partial charge in [0, 0.05) is 18.9 Å². The van der Waals surface area contributed by atoms with Crippen molar-refractivity contribution in [3.63, 3.8) is 0 Å². The van der Waals surface area contributed by atoms with Gasteiger partial charge in [0.1, 0.15) is 12.6 Å². The lowest BCUT2D eigenvalue weighted by molar-refractivity contribution is -0.159. The number of aliphatic carboxylic acids is 1. The molecular formula is C22H21F3N2O5. The fourth-order valence-electron chi connectivity index (χ4n) is 3.63. The Bertz CT molecular complexity index is 964. The van der Waals surface area contributed by atoms with Crippen LogP contribution in [0.15, 0.2) is 48.5 Å². The lowest BCUT2D eigenvalue weighted by Crippen LogP contribution is -2.44. The molecule has 2 amide bonds. The van der Waals surface area contributed by atoms with Gasteiger partial charge in [-0.3, -0.25) is 4.79 Å². The maximum absolute atomic E-state index is 12.4. The first kappa shape index (κ1) is 23.1. The second-order valence-electron chi connectivity index (χ2n) is 7.28. The molecule has 0 aromatic heterocycles. The van der Waals surface area contributed by atoms with E-state index in [0.29, 0.717) is 0 Å². The molecule has 0 saturated carbocycles. The lowest BCUT2D eigenvalue weighted by Gasteiger charge is -2.16. The normalized spacial score (nSPS) is 13.6. The quantitative estimate of drug-likeness (QED) is 0.572. The van der Waals surface area contributed by atoms with Crippen LogP contribution in [0.2, 0.25) is 0 Å². The molecule has 0 aliphatic heterocycles. The van der Waals surface area contributed by atoms with Crippen LogP contribution in [0.5, 0.6) is 0 Å². The largest absolute Gasteiger partial charge is 0.480 e. The van der Waals surface area contributed by atoms with Gasteiger partial charge in [0.15, 0.2) is 0 Å². The van der Waals surface area contributed by atoms with Crippen molar-refractivity contribution < 1.29 is 37.4 Å². The molecule has 10 heteroatoms. The summed E-state index contributed by atoms with van der Waals surface area (Å²) in [5, 5.41) is 12.9. The molecule has 3 rings (SSSR count). The number of nitrogens with one attached hydrogen (secondary N) is 2. The van der Waals surface area contributed by atoms with E-state index >= 15 is 0 Å². The maximum Gasteiger partial charge on any atom is 0.407 e. The van der Waals surface area contributed by atoms with Crippen molar-refractivity contribution in [1.29, 1.82) is 0 Å². The van der Waals surface area contributed by atoms with Gasteiger partial charge in [0.05, 0.1) is 6.42 Å². The van der Waals surface area contributed by atoms with E-state index in [0.717, 1.165) is 22.3 Å². The summed E-state index contributed by atoms with van der Waals surface area (Å²) in [6, 6.07) is 13.5. The summed E-state index contributed by atoms with van der Waals surface area (Å²) in [7, 11) is 0. The summed E-state index contributed by atoms with van der Waals surface area (Å²) in [6.07, 6.45) is -7.61. The molecule has 0 saturated heterocycles. The molecule has 0 bridgehead atoms. The fourth-order valence-corrected chi connectivity index (χ4v) is 3.63. The summed E-state index contributed by atoms with van der Waals surface area (Å²) >= 11 is 0. The van der Waals surface area contributed by atoms with Crippen LogP contribution in [0.3, 0.4) is 0 Å². The van der Waals surface area contributed by atoms with Crippen LogP contribution in [-0.2, 0) is 14.3 Å². The molecule has 2 aromatic rings. The van der Waals surface area contributed by atoms with Gasteiger partial charge in [-0.2, -0.15) is 13.2 Å². The molecule has 2 aromatic carbocycles. The van der Waals surface area contributed by atoms with Crippen molar-refractivity contribution in [2.45, 2.75) is 31.0 Å². The molecule has 0 radical (unpaired) electrons. The third-order valence-corrected chi connectivity index (χ3v) is 5.03. The molecule has 0 fully saturated rings. The number of carboxylic acid groups (broad SMARTS) is 1. The number of amides is 2. The van der Waals surface area contributed by atoms with Gasteiger partial charge < -0.3 is 20.5 Å². The van der Waals surface area contributed by atoms with Crippen LogP contribution in [0.1, 0.15) is 29.9 Å². The van der Waals surface area contributed by atoms with E-state index in [-0.39, 0.29) is 19.1 Å². The summed E-state index contributed by atoms with van der Waals surface area (Å²) in [6.45, 7) is -0.153. The Morgan fingerprint density at radius 3 is 2.09 bits per heavy atom. The first-order chi connectivity index (χ1) is 15.2. The standard InChI is InChI=1S/C22H21F3N2O5/c23-22(24,25)11-18(20(29)30)27-19(28)9-10-26-21(31)32-12-17-15-7-3-1-5-13(15)14-6-2-4-8-16(14)17/h1-8,17-18H,9-12H2,(H,26,31)(H,27,28)(H,29,30). The number of ether oxygens (including phenoxy) is 1. The zero-order valence-electron chi connectivity index (χ0n) is 16.8. The molecule has 3 N–H and O–H groups in total. The average Bonchev–Trinajstić information content (AvgIpc) is 3.04. The van der Waals surface area contributed by atoms with Crippen molar-refractivity contribution in [1.82, 2.24) is 10.6 Å². The molecule has 0 spiro atoms. The van der Waals surface area contributed by atoms with E-state index in [1.807, 2.05) is 48.5 Å². The van der Waals surface area contributed by atoms with Crippen LogP contribution in [-0.4, -0.2) is 48.4 Å². The number of benzene rings is 2. The molecule has 1 aliphatic carbocycles. The minimum Gasteiger partial charge on any atom is -0.480 e. The van der Waals surface area contributed by atoms with Gasteiger partial charge in [-0.1, -0.05) is 48.5 Å². The first-order valence-corrected chi connectivity index (χ1v) is 9.83. The third-order valence-electron chi connectivity index (χ3n) is 5.03. The number of carbonyl (C=O) groups is 3. The highest BCUT2D eigenvalue weighted by Gasteiger charge is 2.36. The predicted octanol–water partition coefficient (Wildman–Crippen LogP) is 3.44. The van der Waals surface area contributed by atoms with Gasteiger partial charge in [-0.05, 0) is 22.3 Å². The van der Waals surface area contributed by atoms with Gasteiger partial charge in [0.2, 0.25) is 5.91 Å². The van der Waals surface area contributed by atoms with Crippen LogP contribution in [0.4, 0.5) is 18.0 Å². The Balaban J connectivity index is 1.47. The molecular weight excluding hydrogens is 429 g/mol. The number of halogens is 3. The second-order valence-corrected chi connectivity index (χ2v) is 7.28. The predicted molar refractivity (Wildman–Crippen MR) is 108 cm³/mol. The molecule has 1 atom stereocenters. The molecule has 1 aliphatic rings. The van der Waals surface area contributed by atoms with Crippen LogP contribution in [0, 0.1) is 0 Å². The number of alkyl carbamates (subject to hydrolysis) is 1. The number of alkyl halides is 3. The summed E-state index contributed by atoms with van der Waals surface area (Å²) in [5.74, 6) is -2.86. The number of hydrogen-bond donors (Lipinski definition) is 3. The minimum atomic E-state index is -4.74. The average molecular weight is 450 g/mol. The SMILES string of the molecule is O=C(CCNC(=O)OCC1c2ccccc2-c2ccccc21)NC(CC(F)(F)F)C(=O)O. The van der Waals surface area contributed by atoms with E-state index in [4.69, 9.17) is 9.84 Å². The summed E-state index contributed by atoms with van der Waals surface area (Å²) in [4.78, 5) is 34.6. The van der Waals surface area contributed by atoms with Crippen molar-refractivity contribution >= 4 is 18.0 Å². The smallest absolute Gasteiger partial charge is 0.407 e. The van der Waals surface area contributed by atoms with Crippen molar-refractivity contribution in [3.8, 4) is 11.1 Å². The molecule has 1 unspecified atom stereocenters. The Kier molecular flexibility index (Phi) is 7.01. The summed E-state index contributed by atoms with van der Waals surface area (Å²) < 4.78 is 42.4. The highest BCUT2D eigenvalue weighted by atomic mass is 19.4. The first-order valence-electron chi connectivity index (χ1n) is 9.83.